The topological polar surface area (TPSA) is 40.5 Å². The lowest BCUT2D eigenvalue weighted by Gasteiger charge is -2.27. The van der Waals surface area contributed by atoms with Gasteiger partial charge in [-0.1, -0.05) is 89.1 Å². The van der Waals surface area contributed by atoms with Gasteiger partial charge in [-0.2, -0.15) is 0 Å². The van der Waals surface area contributed by atoms with Gasteiger partial charge in [-0.15, -0.1) is 0 Å². The van der Waals surface area contributed by atoms with Crippen molar-refractivity contribution in [2.45, 2.75) is 104 Å². The third-order valence-corrected chi connectivity index (χ3v) is 8.58. The van der Waals surface area contributed by atoms with E-state index in [1.807, 2.05) is 13.0 Å². The monoisotopic (exact) mass is 621 g/mol. The van der Waals surface area contributed by atoms with Crippen LogP contribution in [0.4, 0.5) is 17.6 Å². The largest absolute Gasteiger partial charge is 0.483 e. The van der Waals surface area contributed by atoms with Crippen LogP contribution in [0.15, 0.2) is 54.6 Å². The molecule has 1 heterocycles. The molecule has 2 aliphatic rings. The van der Waals surface area contributed by atoms with Crippen molar-refractivity contribution >= 4 is 6.47 Å². The zero-order chi connectivity index (χ0) is 32.6. The maximum Gasteiger partial charge on any atom is 0.290 e. The molecule has 1 aliphatic carbocycles. The van der Waals surface area contributed by atoms with Gasteiger partial charge in [0.2, 0.25) is 0 Å². The average Bonchev–Trinajstić information content (AvgIpc) is 3.43. The molecule has 7 heteroatoms. The van der Waals surface area contributed by atoms with Crippen molar-refractivity contribution in [1.82, 2.24) is 4.90 Å². The Balaban J connectivity index is 0.000000353. The zero-order valence-corrected chi connectivity index (χ0v) is 27.1. The summed E-state index contributed by atoms with van der Waals surface area (Å²) in [7, 11) is 0. The molecule has 1 saturated carbocycles. The fraction of sp³-hybridized carbons (Fsp3) is 0.595. The molecule has 0 bridgehead atoms. The van der Waals surface area contributed by atoms with Gasteiger partial charge in [-0.3, -0.25) is 4.79 Å². The summed E-state index contributed by atoms with van der Waals surface area (Å²) in [5, 5.41) is 6.89. The summed E-state index contributed by atoms with van der Waals surface area (Å²) in [5.41, 5.74) is 0.0140. The van der Waals surface area contributed by atoms with Gasteiger partial charge >= 0.3 is 0 Å². The lowest BCUT2D eigenvalue weighted by molar-refractivity contribution is -0.122. The second-order valence-electron chi connectivity index (χ2n) is 11.9. The van der Waals surface area contributed by atoms with Crippen LogP contribution in [-0.2, 0) is 11.2 Å². The Kier molecular flexibility index (Phi) is 22.0. The van der Waals surface area contributed by atoms with Crippen molar-refractivity contribution < 1.29 is 27.5 Å². The number of hydrogen-bond donors (Lipinski definition) is 1. The van der Waals surface area contributed by atoms with Gasteiger partial charge in [0.25, 0.3) is 6.47 Å². The van der Waals surface area contributed by atoms with Crippen molar-refractivity contribution in [2.24, 2.45) is 17.8 Å². The highest BCUT2D eigenvalue weighted by molar-refractivity contribution is 5.32. The van der Waals surface area contributed by atoms with Crippen molar-refractivity contribution in [3.8, 4) is 0 Å². The predicted molar refractivity (Wildman–Crippen MR) is 174 cm³/mol. The van der Waals surface area contributed by atoms with E-state index in [4.69, 9.17) is 9.90 Å². The molecule has 1 aliphatic heterocycles. The molecule has 0 amide bonds. The number of hydrogen-bond acceptors (Lipinski definition) is 2. The number of allylic oxidation sites excluding steroid dienone is 2. The highest BCUT2D eigenvalue weighted by Crippen LogP contribution is 2.30. The van der Waals surface area contributed by atoms with E-state index in [1.165, 1.54) is 70.3 Å². The van der Waals surface area contributed by atoms with E-state index in [1.54, 1.807) is 18.2 Å². The summed E-state index contributed by atoms with van der Waals surface area (Å²) < 4.78 is 51.8. The molecule has 248 valence electrons. The number of benzene rings is 2. The fourth-order valence-electron chi connectivity index (χ4n) is 5.73. The molecular weight excluding hydrogens is 566 g/mol. The van der Waals surface area contributed by atoms with Crippen LogP contribution >= 0.6 is 0 Å². The standard InChI is InChI=1S/C18H25F3.C12H23N.C6H5F.CH2O2/c1-3-5-6-9-14(8-4-2)10-7-11-16-17(20)12-15(19)13-18(16)21;1-2-11-6-8-13(10-11)9-7-12-4-3-5-12;7-6-4-2-1-3-5-6;2-1-3/h3,5,12-14H,4,6-11H2,1-2H3;11-12H,2-10H2,1H3;1-5H;1H,(H,2,3)/b5-3-;;;. The van der Waals surface area contributed by atoms with Crippen LogP contribution in [0, 0.1) is 41.0 Å². The first-order valence-corrected chi connectivity index (χ1v) is 16.5. The first kappa shape index (κ1) is 39.4. The molecule has 4 rings (SSSR count). The second-order valence-corrected chi connectivity index (χ2v) is 11.9. The minimum atomic E-state index is -0.857. The average molecular weight is 622 g/mol. The lowest BCUT2D eigenvalue weighted by atomic mass is 9.83. The van der Waals surface area contributed by atoms with Gasteiger partial charge in [0.15, 0.2) is 0 Å². The molecule has 2 unspecified atom stereocenters. The minimum absolute atomic E-state index is 0.0140. The van der Waals surface area contributed by atoms with Gasteiger partial charge in [-0.05, 0) is 88.4 Å². The fourth-order valence-corrected chi connectivity index (χ4v) is 5.73. The van der Waals surface area contributed by atoms with Gasteiger partial charge < -0.3 is 10.0 Å². The van der Waals surface area contributed by atoms with E-state index in [9.17, 15) is 17.6 Å². The summed E-state index contributed by atoms with van der Waals surface area (Å²) in [5.74, 6) is 0.133. The second kappa shape index (κ2) is 24.6. The van der Waals surface area contributed by atoms with Crippen molar-refractivity contribution in [1.29, 1.82) is 0 Å². The van der Waals surface area contributed by atoms with Crippen LogP contribution in [0.25, 0.3) is 0 Å². The van der Waals surface area contributed by atoms with Crippen LogP contribution in [0.2, 0.25) is 0 Å². The molecule has 2 aromatic carbocycles. The Morgan fingerprint density at radius 3 is 2.07 bits per heavy atom. The smallest absolute Gasteiger partial charge is 0.290 e. The summed E-state index contributed by atoms with van der Waals surface area (Å²) in [6, 6.07) is 9.45. The van der Waals surface area contributed by atoms with Crippen molar-refractivity contribution in [2.75, 3.05) is 19.6 Å². The third-order valence-electron chi connectivity index (χ3n) is 8.58. The summed E-state index contributed by atoms with van der Waals surface area (Å²) >= 11 is 0. The highest BCUT2D eigenvalue weighted by Gasteiger charge is 2.23. The third kappa shape index (κ3) is 17.6. The van der Waals surface area contributed by atoms with E-state index in [2.05, 4.69) is 24.8 Å². The number of carbonyl (C=O) groups is 1. The molecule has 0 spiro atoms. The Morgan fingerprint density at radius 2 is 1.59 bits per heavy atom. The van der Waals surface area contributed by atoms with Gasteiger partial charge in [0.05, 0.1) is 0 Å². The summed E-state index contributed by atoms with van der Waals surface area (Å²) in [6.07, 6.45) is 19.5. The van der Waals surface area contributed by atoms with E-state index < -0.39 is 17.5 Å². The molecule has 2 atom stereocenters. The number of nitrogens with zero attached hydrogens (tertiary/aromatic N) is 1. The Labute approximate surface area is 263 Å². The maximum absolute atomic E-state index is 13.5. The molecule has 0 aromatic heterocycles. The Morgan fingerprint density at radius 1 is 0.932 bits per heavy atom. The molecule has 44 heavy (non-hydrogen) atoms. The maximum atomic E-state index is 13.5. The number of carboxylic acid groups (broad SMARTS) is 1. The lowest BCUT2D eigenvalue weighted by Crippen LogP contribution is -2.25. The SMILES string of the molecule is C/C=C\CCC(CCC)CCCc1c(F)cc(F)cc1F.CCC1CCN(CCC2CCC2)C1.Fc1ccccc1.O=CO. The summed E-state index contributed by atoms with van der Waals surface area (Å²) in [6.45, 7) is 10.4. The molecule has 1 N–H and O–H groups in total. The molecule has 0 radical (unpaired) electrons. The quantitative estimate of drug-likeness (QED) is 0.137. The van der Waals surface area contributed by atoms with Crippen molar-refractivity contribution in [3.63, 3.8) is 0 Å². The van der Waals surface area contributed by atoms with Gasteiger partial charge in [0.1, 0.15) is 23.3 Å². The first-order chi connectivity index (χ1) is 21.3. The highest BCUT2D eigenvalue weighted by atomic mass is 19.1. The van der Waals surface area contributed by atoms with Crippen molar-refractivity contribution in [3.05, 3.63) is 83.4 Å². The Hall–Kier alpha value is -2.67. The zero-order valence-electron chi connectivity index (χ0n) is 27.1. The van der Waals surface area contributed by atoms with Crippen LogP contribution in [-0.4, -0.2) is 36.1 Å². The van der Waals surface area contributed by atoms with Crippen LogP contribution in [0.5, 0.6) is 0 Å². The van der Waals surface area contributed by atoms with Crippen LogP contribution in [0.3, 0.4) is 0 Å². The number of halogens is 4. The molecular formula is C37H55F4NO2. The predicted octanol–water partition coefficient (Wildman–Crippen LogP) is 10.6. The Bertz CT molecular complexity index is 1010. The first-order valence-electron chi connectivity index (χ1n) is 16.5. The van der Waals surface area contributed by atoms with E-state index in [-0.39, 0.29) is 17.9 Å². The number of rotatable bonds is 13. The molecule has 2 fully saturated rings. The van der Waals surface area contributed by atoms with E-state index in [0.717, 1.165) is 62.5 Å². The van der Waals surface area contributed by atoms with E-state index >= 15 is 0 Å². The summed E-state index contributed by atoms with van der Waals surface area (Å²) in [4.78, 5) is 11.0. The van der Waals surface area contributed by atoms with E-state index in [0.29, 0.717) is 12.3 Å². The van der Waals surface area contributed by atoms with Crippen LogP contribution < -0.4 is 0 Å². The van der Waals surface area contributed by atoms with Gasteiger partial charge in [-0.25, -0.2) is 17.6 Å². The van der Waals surface area contributed by atoms with Crippen LogP contribution in [0.1, 0.15) is 103 Å². The number of likely N-dealkylation sites (tertiary alicyclic amines) is 1. The normalized spacial score (nSPS) is 16.9. The molecule has 2 aromatic rings. The minimum Gasteiger partial charge on any atom is -0.483 e. The molecule has 3 nitrogen and oxygen atoms in total. The molecule has 1 saturated heterocycles. The van der Waals surface area contributed by atoms with Gasteiger partial charge in [0, 0.05) is 24.2 Å².